The molecular formula is C26H29Cl2N3O2. The molecule has 0 radical (unpaired) electrons. The van der Waals surface area contributed by atoms with Crippen LogP contribution in [0.5, 0.6) is 0 Å². The normalized spacial score (nSPS) is 31.3. The number of carbonyl (C=O) groups is 1. The van der Waals surface area contributed by atoms with Gasteiger partial charge in [-0.3, -0.25) is 0 Å². The molecule has 7 rings (SSSR count). The number of aromatic nitrogens is 1. The molecule has 1 aromatic carbocycles. The van der Waals surface area contributed by atoms with E-state index in [9.17, 15) is 4.79 Å². The summed E-state index contributed by atoms with van der Waals surface area (Å²) >= 11 is 12.5. The van der Waals surface area contributed by atoms with E-state index in [2.05, 4.69) is 10.3 Å². The second-order valence-electron chi connectivity index (χ2n) is 10.6. The van der Waals surface area contributed by atoms with Crippen molar-refractivity contribution >= 4 is 29.2 Å². The molecule has 1 aliphatic heterocycles. The van der Waals surface area contributed by atoms with E-state index in [4.69, 9.17) is 27.9 Å². The Morgan fingerprint density at radius 3 is 2.27 bits per heavy atom. The second-order valence-corrected chi connectivity index (χ2v) is 11.4. The van der Waals surface area contributed by atoms with Crippen LogP contribution in [0.15, 0.2) is 42.6 Å². The van der Waals surface area contributed by atoms with Crippen molar-refractivity contribution < 1.29 is 9.53 Å². The van der Waals surface area contributed by atoms with Crippen molar-refractivity contribution in [2.75, 3.05) is 13.1 Å². The molecule has 2 amide bonds. The van der Waals surface area contributed by atoms with Crippen LogP contribution in [0.1, 0.15) is 55.8 Å². The van der Waals surface area contributed by atoms with Gasteiger partial charge in [0.2, 0.25) is 0 Å². The maximum Gasteiger partial charge on any atom is 0.318 e. The molecule has 7 heteroatoms. The van der Waals surface area contributed by atoms with Crippen LogP contribution in [0.25, 0.3) is 0 Å². The number of hydrogen-bond donors (Lipinski definition) is 1. The maximum atomic E-state index is 13.1. The van der Waals surface area contributed by atoms with Gasteiger partial charge in [0.05, 0.1) is 19.2 Å². The van der Waals surface area contributed by atoms with Gasteiger partial charge in [0, 0.05) is 22.3 Å². The lowest BCUT2D eigenvalue weighted by Gasteiger charge is -2.57. The molecule has 33 heavy (non-hydrogen) atoms. The average Bonchev–Trinajstić information content (AvgIpc) is 2.73. The lowest BCUT2D eigenvalue weighted by molar-refractivity contribution is -0.0691. The predicted molar refractivity (Wildman–Crippen MR) is 128 cm³/mol. The van der Waals surface area contributed by atoms with E-state index in [1.165, 1.54) is 19.3 Å². The van der Waals surface area contributed by atoms with E-state index in [-0.39, 0.29) is 23.8 Å². The minimum Gasteiger partial charge on any atom is -0.362 e. The number of hydrogen-bond acceptors (Lipinski definition) is 3. The summed E-state index contributed by atoms with van der Waals surface area (Å²) in [6, 6.07) is 11.5. The first-order valence-corrected chi connectivity index (χ1v) is 12.8. The van der Waals surface area contributed by atoms with Crippen molar-refractivity contribution in [1.29, 1.82) is 0 Å². The molecular weight excluding hydrogens is 457 g/mol. The van der Waals surface area contributed by atoms with Crippen molar-refractivity contribution in [1.82, 2.24) is 15.2 Å². The molecule has 174 valence electrons. The Morgan fingerprint density at radius 1 is 1.03 bits per heavy atom. The predicted octanol–water partition coefficient (Wildman–Crippen LogP) is 5.86. The van der Waals surface area contributed by atoms with Gasteiger partial charge in [0.1, 0.15) is 11.3 Å². The monoisotopic (exact) mass is 485 g/mol. The number of urea groups is 1. The number of halogens is 2. The first-order valence-electron chi connectivity index (χ1n) is 12.0. The number of likely N-dealkylation sites (tertiary alicyclic amines) is 1. The van der Waals surface area contributed by atoms with Crippen molar-refractivity contribution in [2.45, 2.75) is 56.3 Å². The van der Waals surface area contributed by atoms with Crippen LogP contribution in [-0.4, -0.2) is 40.6 Å². The Labute approximate surface area is 204 Å². The fraction of sp³-hybridized carbons (Fsp3) is 0.538. The number of rotatable bonds is 5. The number of ether oxygens (including phenoxy) is 1. The lowest BCUT2D eigenvalue weighted by Crippen LogP contribution is -2.65. The number of nitrogens with zero attached hydrogens (tertiary/aromatic N) is 2. The van der Waals surface area contributed by atoms with Gasteiger partial charge in [-0.2, -0.15) is 0 Å². The minimum atomic E-state index is -0.359. The molecule has 4 aliphatic carbocycles. The van der Waals surface area contributed by atoms with E-state index in [1.807, 2.05) is 41.3 Å². The van der Waals surface area contributed by atoms with Gasteiger partial charge < -0.3 is 15.0 Å². The number of amides is 2. The highest BCUT2D eigenvalue weighted by atomic mass is 35.5. The third-order valence-corrected chi connectivity index (χ3v) is 8.69. The number of carbonyl (C=O) groups excluding carboxylic acids is 1. The van der Waals surface area contributed by atoms with Crippen LogP contribution in [0.3, 0.4) is 0 Å². The van der Waals surface area contributed by atoms with Gasteiger partial charge in [-0.25, -0.2) is 9.78 Å². The lowest BCUT2D eigenvalue weighted by atomic mass is 9.53. The SMILES string of the molecule is O=C(NC12CC3CC(CC(C3)C1)C2)N1CC(OC(c2ccc(Cl)cc2)c2cccnc2Cl)C1. The van der Waals surface area contributed by atoms with Gasteiger partial charge in [0.25, 0.3) is 0 Å². The van der Waals surface area contributed by atoms with Crippen LogP contribution in [0.2, 0.25) is 10.2 Å². The molecule has 1 unspecified atom stereocenters. The molecule has 5 fully saturated rings. The zero-order valence-electron chi connectivity index (χ0n) is 18.6. The van der Waals surface area contributed by atoms with Gasteiger partial charge in [-0.1, -0.05) is 41.4 Å². The molecule has 2 aromatic rings. The summed E-state index contributed by atoms with van der Waals surface area (Å²) in [5.41, 5.74) is 1.82. The zero-order chi connectivity index (χ0) is 22.6. The van der Waals surface area contributed by atoms with Gasteiger partial charge in [-0.05, 0) is 80.0 Å². The van der Waals surface area contributed by atoms with E-state index < -0.39 is 0 Å². The standard InChI is InChI=1S/C26H29Cl2N3O2/c27-20-5-3-19(4-6-20)23(22-2-1-7-29-24(22)28)33-21-14-31(15-21)25(32)30-26-11-16-8-17(12-26)10-18(9-16)13-26/h1-7,16-18,21,23H,8-15H2,(H,30,32). The third-order valence-electron chi connectivity index (χ3n) is 8.12. The smallest absolute Gasteiger partial charge is 0.318 e. The first-order chi connectivity index (χ1) is 16.0. The second kappa shape index (κ2) is 8.44. The summed E-state index contributed by atoms with van der Waals surface area (Å²) < 4.78 is 6.46. The molecule has 5 nitrogen and oxygen atoms in total. The summed E-state index contributed by atoms with van der Waals surface area (Å²) in [7, 11) is 0. The zero-order valence-corrected chi connectivity index (χ0v) is 20.1. The van der Waals surface area contributed by atoms with E-state index in [0.717, 1.165) is 48.1 Å². The highest BCUT2D eigenvalue weighted by Gasteiger charge is 2.52. The number of benzene rings is 1. The van der Waals surface area contributed by atoms with E-state index >= 15 is 0 Å². The van der Waals surface area contributed by atoms with Crippen LogP contribution >= 0.6 is 23.2 Å². The summed E-state index contributed by atoms with van der Waals surface area (Å²) in [5, 5.41) is 4.56. The van der Waals surface area contributed by atoms with Crippen LogP contribution < -0.4 is 5.32 Å². The van der Waals surface area contributed by atoms with Crippen LogP contribution in [0.4, 0.5) is 4.79 Å². The molecule has 5 aliphatic rings. The van der Waals surface area contributed by atoms with Crippen LogP contribution in [-0.2, 0) is 4.74 Å². The Balaban J connectivity index is 1.11. The fourth-order valence-corrected chi connectivity index (χ4v) is 7.36. The molecule has 1 aromatic heterocycles. The highest BCUT2D eigenvalue weighted by molar-refractivity contribution is 6.30. The number of pyridine rings is 1. The van der Waals surface area contributed by atoms with Crippen molar-refractivity contribution in [3.05, 3.63) is 63.9 Å². The van der Waals surface area contributed by atoms with Gasteiger partial charge in [0.15, 0.2) is 0 Å². The number of nitrogens with one attached hydrogen (secondary N) is 1. The Morgan fingerprint density at radius 2 is 1.67 bits per heavy atom. The van der Waals surface area contributed by atoms with Gasteiger partial charge in [-0.15, -0.1) is 0 Å². The van der Waals surface area contributed by atoms with E-state index in [0.29, 0.717) is 23.3 Å². The Bertz CT molecular complexity index is 1000. The summed E-state index contributed by atoms with van der Waals surface area (Å²) in [6.45, 7) is 1.17. The van der Waals surface area contributed by atoms with Crippen molar-refractivity contribution in [3.8, 4) is 0 Å². The van der Waals surface area contributed by atoms with Gasteiger partial charge >= 0.3 is 6.03 Å². The topological polar surface area (TPSA) is 54.5 Å². The maximum absolute atomic E-state index is 13.1. The molecule has 4 saturated carbocycles. The molecule has 0 spiro atoms. The molecule has 2 heterocycles. The van der Waals surface area contributed by atoms with Crippen molar-refractivity contribution in [2.24, 2.45) is 17.8 Å². The minimum absolute atomic E-state index is 0.0346. The molecule has 1 saturated heterocycles. The summed E-state index contributed by atoms with van der Waals surface area (Å²) in [5.74, 6) is 2.44. The first kappa shape index (κ1) is 21.7. The third kappa shape index (κ3) is 4.24. The van der Waals surface area contributed by atoms with E-state index in [1.54, 1.807) is 6.20 Å². The van der Waals surface area contributed by atoms with Crippen LogP contribution in [0, 0.1) is 17.8 Å². The molecule has 1 N–H and O–H groups in total. The Kier molecular flexibility index (Phi) is 5.55. The fourth-order valence-electron chi connectivity index (χ4n) is 7.02. The molecule has 1 atom stereocenters. The quantitative estimate of drug-likeness (QED) is 0.539. The van der Waals surface area contributed by atoms with Crippen molar-refractivity contribution in [3.63, 3.8) is 0 Å². The Hall–Kier alpha value is -1.82. The highest BCUT2D eigenvalue weighted by Crippen LogP contribution is 2.55. The molecule has 4 bridgehead atoms. The summed E-state index contributed by atoms with van der Waals surface area (Å²) in [6.07, 6.45) is 8.87. The average molecular weight is 486 g/mol. The largest absolute Gasteiger partial charge is 0.362 e. The summed E-state index contributed by atoms with van der Waals surface area (Å²) in [4.78, 5) is 19.2.